The van der Waals surface area contributed by atoms with E-state index in [4.69, 9.17) is 21.1 Å². The Morgan fingerprint density at radius 2 is 2.06 bits per heavy atom. The number of aldehydes is 1. The molecule has 0 atom stereocenters. The Labute approximate surface area is 105 Å². The number of aromatic hydroxyl groups is 1. The first kappa shape index (κ1) is 13.8. The molecule has 5 heteroatoms. The van der Waals surface area contributed by atoms with Crippen molar-refractivity contribution in [3.05, 3.63) is 22.7 Å². The second-order valence-electron chi connectivity index (χ2n) is 3.48. The predicted octanol–water partition coefficient (Wildman–Crippen LogP) is 2.66. The Morgan fingerprint density at radius 3 is 2.71 bits per heavy atom. The smallest absolute Gasteiger partial charge is 0.153 e. The quantitative estimate of drug-likeness (QED) is 0.603. The highest BCUT2D eigenvalue weighted by molar-refractivity contribution is 6.33. The molecule has 17 heavy (non-hydrogen) atoms. The van der Waals surface area contributed by atoms with Gasteiger partial charge in [-0.05, 0) is 25.0 Å². The lowest BCUT2D eigenvalue weighted by Crippen LogP contribution is -2.00. The molecule has 1 rings (SSSR count). The van der Waals surface area contributed by atoms with Gasteiger partial charge in [0, 0.05) is 13.7 Å². The van der Waals surface area contributed by atoms with Crippen molar-refractivity contribution >= 4 is 17.9 Å². The summed E-state index contributed by atoms with van der Waals surface area (Å²) in [5.74, 6) is 0.142. The van der Waals surface area contributed by atoms with E-state index in [0.29, 0.717) is 25.2 Å². The summed E-state index contributed by atoms with van der Waals surface area (Å²) in [5, 5.41) is 9.63. The molecule has 0 aromatic heterocycles. The fraction of sp³-hybridized carbons (Fsp3) is 0.417. The second-order valence-corrected chi connectivity index (χ2v) is 3.86. The summed E-state index contributed by atoms with van der Waals surface area (Å²) in [6, 6.07) is 3.04. The topological polar surface area (TPSA) is 55.8 Å². The summed E-state index contributed by atoms with van der Waals surface area (Å²) in [6.45, 7) is 1.18. The minimum Gasteiger partial charge on any atom is -0.505 e. The molecule has 1 aromatic rings. The maximum atomic E-state index is 10.5. The minimum atomic E-state index is -0.240. The summed E-state index contributed by atoms with van der Waals surface area (Å²) in [7, 11) is 1.65. The third kappa shape index (κ3) is 3.91. The number of carbonyl (C=O) groups excluding carboxylic acids is 1. The largest absolute Gasteiger partial charge is 0.505 e. The lowest BCUT2D eigenvalue weighted by Gasteiger charge is -2.09. The number of phenols is 1. The number of benzene rings is 1. The summed E-state index contributed by atoms with van der Waals surface area (Å²) < 4.78 is 10.3. The first-order chi connectivity index (χ1) is 8.20. The van der Waals surface area contributed by atoms with Crippen molar-refractivity contribution in [2.75, 3.05) is 20.3 Å². The van der Waals surface area contributed by atoms with Gasteiger partial charge in [0.2, 0.25) is 0 Å². The van der Waals surface area contributed by atoms with Gasteiger partial charge in [0.25, 0.3) is 0 Å². The average molecular weight is 259 g/mol. The highest BCUT2D eigenvalue weighted by Gasteiger charge is 2.11. The van der Waals surface area contributed by atoms with Crippen LogP contribution >= 0.6 is 11.6 Å². The van der Waals surface area contributed by atoms with E-state index in [0.717, 1.165) is 12.8 Å². The highest BCUT2D eigenvalue weighted by atomic mass is 35.5. The maximum absolute atomic E-state index is 10.5. The first-order valence-electron chi connectivity index (χ1n) is 5.29. The summed E-state index contributed by atoms with van der Waals surface area (Å²) in [5.41, 5.74) is 0.154. The predicted molar refractivity (Wildman–Crippen MR) is 65.1 cm³/mol. The van der Waals surface area contributed by atoms with Crippen molar-refractivity contribution in [1.82, 2.24) is 0 Å². The zero-order valence-corrected chi connectivity index (χ0v) is 10.4. The molecule has 0 bridgehead atoms. The first-order valence-corrected chi connectivity index (χ1v) is 5.67. The Hall–Kier alpha value is -1.26. The van der Waals surface area contributed by atoms with Crippen LogP contribution in [0.3, 0.4) is 0 Å². The van der Waals surface area contributed by atoms with E-state index in [1.807, 2.05) is 0 Å². The molecule has 4 nitrogen and oxygen atoms in total. The number of unbranched alkanes of at least 4 members (excludes halogenated alkanes) is 1. The molecular weight excluding hydrogens is 244 g/mol. The van der Waals surface area contributed by atoms with Crippen LogP contribution in [0.25, 0.3) is 0 Å². The molecule has 0 saturated heterocycles. The monoisotopic (exact) mass is 258 g/mol. The molecule has 0 aliphatic carbocycles. The van der Waals surface area contributed by atoms with E-state index in [-0.39, 0.29) is 16.3 Å². The lowest BCUT2D eigenvalue weighted by atomic mass is 10.2. The Kier molecular flexibility index (Phi) is 5.80. The van der Waals surface area contributed by atoms with E-state index >= 15 is 0 Å². The molecule has 0 radical (unpaired) electrons. The number of hydrogen-bond donors (Lipinski definition) is 1. The molecule has 0 heterocycles. The van der Waals surface area contributed by atoms with Gasteiger partial charge in [-0.25, -0.2) is 0 Å². The molecule has 0 fully saturated rings. The van der Waals surface area contributed by atoms with Gasteiger partial charge in [0.15, 0.2) is 6.29 Å². The lowest BCUT2D eigenvalue weighted by molar-refractivity contribution is 0.112. The summed E-state index contributed by atoms with van der Waals surface area (Å²) in [4.78, 5) is 10.5. The van der Waals surface area contributed by atoms with Crippen LogP contribution in [0.1, 0.15) is 23.2 Å². The number of methoxy groups -OCH3 is 1. The molecule has 0 aliphatic heterocycles. The number of hydrogen-bond acceptors (Lipinski definition) is 4. The van der Waals surface area contributed by atoms with Crippen LogP contribution in [0.5, 0.6) is 11.5 Å². The van der Waals surface area contributed by atoms with Crippen molar-refractivity contribution < 1.29 is 19.4 Å². The fourth-order valence-electron chi connectivity index (χ4n) is 1.30. The molecule has 1 N–H and O–H groups in total. The zero-order chi connectivity index (χ0) is 12.7. The van der Waals surface area contributed by atoms with Crippen molar-refractivity contribution in [2.45, 2.75) is 12.8 Å². The van der Waals surface area contributed by atoms with Gasteiger partial charge < -0.3 is 14.6 Å². The van der Waals surface area contributed by atoms with Crippen molar-refractivity contribution in [3.8, 4) is 11.5 Å². The second kappa shape index (κ2) is 7.14. The third-order valence-electron chi connectivity index (χ3n) is 2.24. The maximum Gasteiger partial charge on any atom is 0.153 e. The van der Waals surface area contributed by atoms with Gasteiger partial charge >= 0.3 is 0 Å². The van der Waals surface area contributed by atoms with E-state index in [9.17, 15) is 9.90 Å². The summed E-state index contributed by atoms with van der Waals surface area (Å²) >= 11 is 5.86. The molecule has 0 amide bonds. The van der Waals surface area contributed by atoms with Gasteiger partial charge in [-0.3, -0.25) is 4.79 Å². The zero-order valence-electron chi connectivity index (χ0n) is 9.61. The molecule has 94 valence electrons. The Balaban J connectivity index is 2.54. The van der Waals surface area contributed by atoms with Crippen LogP contribution in [0.2, 0.25) is 5.02 Å². The Morgan fingerprint density at radius 1 is 1.35 bits per heavy atom. The summed E-state index contributed by atoms with van der Waals surface area (Å²) in [6.07, 6.45) is 2.27. The molecule has 0 saturated carbocycles. The average Bonchev–Trinajstić information content (AvgIpc) is 2.34. The van der Waals surface area contributed by atoms with Crippen molar-refractivity contribution in [1.29, 1.82) is 0 Å². The van der Waals surface area contributed by atoms with E-state index in [1.165, 1.54) is 6.07 Å². The molecule has 1 aromatic carbocycles. The van der Waals surface area contributed by atoms with Crippen LogP contribution in [0, 0.1) is 0 Å². The third-order valence-corrected chi connectivity index (χ3v) is 2.60. The van der Waals surface area contributed by atoms with E-state index < -0.39 is 0 Å². The molecule has 0 unspecified atom stereocenters. The molecule has 0 aliphatic rings. The van der Waals surface area contributed by atoms with Gasteiger partial charge in [-0.2, -0.15) is 0 Å². The van der Waals surface area contributed by atoms with Crippen LogP contribution < -0.4 is 4.74 Å². The van der Waals surface area contributed by atoms with Crippen molar-refractivity contribution in [2.24, 2.45) is 0 Å². The number of carbonyl (C=O) groups is 1. The van der Waals surface area contributed by atoms with Crippen LogP contribution in [-0.2, 0) is 4.74 Å². The van der Waals surface area contributed by atoms with Crippen molar-refractivity contribution in [3.63, 3.8) is 0 Å². The van der Waals surface area contributed by atoms with E-state index in [2.05, 4.69) is 0 Å². The van der Waals surface area contributed by atoms with Gasteiger partial charge in [-0.15, -0.1) is 0 Å². The number of phenolic OH excluding ortho intramolecular Hbond substituents is 1. The molecule has 0 spiro atoms. The van der Waals surface area contributed by atoms with Gasteiger partial charge in [0.05, 0.1) is 12.2 Å². The standard InChI is InChI=1S/C12H15ClO4/c1-16-6-2-3-7-17-10-5-4-9(8-14)12(15)11(10)13/h4-5,8,15H,2-3,6-7H2,1H3. The van der Waals surface area contributed by atoms with Crippen LogP contribution in [-0.4, -0.2) is 31.7 Å². The van der Waals surface area contributed by atoms with Crippen LogP contribution in [0.4, 0.5) is 0 Å². The number of halogens is 1. The normalized spacial score (nSPS) is 10.2. The SMILES string of the molecule is COCCCCOc1ccc(C=O)c(O)c1Cl. The number of rotatable bonds is 7. The van der Waals surface area contributed by atoms with Gasteiger partial charge in [-0.1, -0.05) is 11.6 Å². The molecular formula is C12H15ClO4. The van der Waals surface area contributed by atoms with E-state index in [1.54, 1.807) is 13.2 Å². The highest BCUT2D eigenvalue weighted by Crippen LogP contribution is 2.35. The minimum absolute atomic E-state index is 0.0707. The van der Waals surface area contributed by atoms with Crippen LogP contribution in [0.15, 0.2) is 12.1 Å². The fourth-order valence-corrected chi connectivity index (χ4v) is 1.52. The number of ether oxygens (including phenoxy) is 2. The Bertz CT molecular complexity index is 379. The van der Waals surface area contributed by atoms with Gasteiger partial charge in [0.1, 0.15) is 16.5 Å².